The second kappa shape index (κ2) is 5.00. The summed E-state index contributed by atoms with van der Waals surface area (Å²) in [4.78, 5) is 16.2. The first-order chi connectivity index (χ1) is 9.74. The third-order valence-corrected chi connectivity index (χ3v) is 2.92. The van der Waals surface area contributed by atoms with Gasteiger partial charge >= 0.3 is 0 Å². The molecule has 0 unspecified atom stereocenters. The highest BCUT2D eigenvalue weighted by Crippen LogP contribution is 2.19. The van der Waals surface area contributed by atoms with Gasteiger partial charge in [-0.05, 0) is 11.5 Å². The Balaban J connectivity index is 1.84. The van der Waals surface area contributed by atoms with E-state index in [1.54, 1.807) is 12.1 Å². The Hall–Kier alpha value is -2.89. The van der Waals surface area contributed by atoms with E-state index in [-0.39, 0.29) is 18.1 Å². The number of pyridine rings is 1. The molecular formula is C14H12N4O2. The molecule has 0 radical (unpaired) electrons. The summed E-state index contributed by atoms with van der Waals surface area (Å²) in [5, 5.41) is 8.14. The van der Waals surface area contributed by atoms with Gasteiger partial charge in [-0.3, -0.25) is 4.79 Å². The quantitative estimate of drug-likeness (QED) is 0.754. The lowest BCUT2D eigenvalue weighted by molar-refractivity contribution is 0.0945. The van der Waals surface area contributed by atoms with Crippen molar-refractivity contribution in [3.05, 3.63) is 54.0 Å². The molecule has 1 amide bonds. The van der Waals surface area contributed by atoms with Crippen LogP contribution in [0.3, 0.4) is 0 Å². The van der Waals surface area contributed by atoms with Crippen molar-refractivity contribution in [1.29, 1.82) is 0 Å². The van der Waals surface area contributed by atoms with Crippen LogP contribution in [0.25, 0.3) is 10.8 Å². The van der Waals surface area contributed by atoms with E-state index in [1.807, 2.05) is 24.3 Å². The Morgan fingerprint density at radius 1 is 1.30 bits per heavy atom. The number of nitrogen functional groups attached to an aromatic ring is 1. The van der Waals surface area contributed by atoms with Crippen LogP contribution in [0, 0.1) is 0 Å². The van der Waals surface area contributed by atoms with E-state index in [4.69, 9.17) is 10.3 Å². The molecule has 6 heteroatoms. The largest absolute Gasteiger partial charge is 0.383 e. The number of benzene rings is 1. The van der Waals surface area contributed by atoms with E-state index in [2.05, 4.69) is 15.5 Å². The van der Waals surface area contributed by atoms with Gasteiger partial charge < -0.3 is 15.6 Å². The summed E-state index contributed by atoms with van der Waals surface area (Å²) in [6, 6.07) is 10.9. The van der Waals surface area contributed by atoms with Gasteiger partial charge in [0, 0.05) is 11.5 Å². The molecule has 2 aromatic heterocycles. The van der Waals surface area contributed by atoms with Crippen LogP contribution in [-0.4, -0.2) is 16.0 Å². The predicted molar refractivity (Wildman–Crippen MR) is 73.8 cm³/mol. The van der Waals surface area contributed by atoms with Crippen LogP contribution in [-0.2, 0) is 6.54 Å². The van der Waals surface area contributed by atoms with Crippen molar-refractivity contribution in [2.75, 3.05) is 5.73 Å². The van der Waals surface area contributed by atoms with Gasteiger partial charge in [0.15, 0.2) is 0 Å². The normalized spacial score (nSPS) is 10.6. The number of amides is 1. The number of fused-ring (bicyclic) bond motifs is 1. The van der Waals surface area contributed by atoms with E-state index < -0.39 is 0 Å². The average molecular weight is 268 g/mol. The number of rotatable bonds is 3. The minimum Gasteiger partial charge on any atom is -0.383 e. The molecule has 20 heavy (non-hydrogen) atoms. The predicted octanol–water partition coefficient (Wildman–Crippen LogP) is 1.73. The van der Waals surface area contributed by atoms with Crippen molar-refractivity contribution >= 4 is 22.5 Å². The Labute approximate surface area is 114 Å². The SMILES string of the molecule is Nc1nc(C(=O)NCc2ccon2)cc2ccccc12. The van der Waals surface area contributed by atoms with Gasteiger partial charge in [-0.15, -0.1) is 0 Å². The molecule has 100 valence electrons. The summed E-state index contributed by atoms with van der Waals surface area (Å²) in [5.74, 6) is 0.0418. The molecule has 0 fully saturated rings. The Bertz CT molecular complexity index is 753. The number of hydrogen-bond acceptors (Lipinski definition) is 5. The van der Waals surface area contributed by atoms with E-state index in [0.29, 0.717) is 11.5 Å². The minimum atomic E-state index is -0.301. The highest BCUT2D eigenvalue weighted by molar-refractivity contribution is 5.99. The molecule has 0 saturated heterocycles. The van der Waals surface area contributed by atoms with Gasteiger partial charge in [0.25, 0.3) is 5.91 Å². The van der Waals surface area contributed by atoms with Gasteiger partial charge in [-0.1, -0.05) is 29.4 Å². The molecule has 0 aliphatic carbocycles. The molecule has 0 saturated carbocycles. The number of aromatic nitrogens is 2. The van der Waals surface area contributed by atoms with Crippen molar-refractivity contribution in [2.45, 2.75) is 6.54 Å². The maximum Gasteiger partial charge on any atom is 0.270 e. The standard InChI is InChI=1S/C14H12N4O2/c15-13-11-4-2-1-3-9(11)7-12(17-13)14(19)16-8-10-5-6-20-18-10/h1-7H,8H2,(H2,15,17)(H,16,19). The molecule has 0 atom stereocenters. The van der Waals surface area contributed by atoms with Gasteiger partial charge in [0.1, 0.15) is 23.5 Å². The van der Waals surface area contributed by atoms with Gasteiger partial charge in [0.2, 0.25) is 0 Å². The summed E-state index contributed by atoms with van der Waals surface area (Å²) >= 11 is 0. The van der Waals surface area contributed by atoms with Crippen LogP contribution in [0.2, 0.25) is 0 Å². The van der Waals surface area contributed by atoms with Crippen molar-refractivity contribution in [3.63, 3.8) is 0 Å². The van der Waals surface area contributed by atoms with Crippen molar-refractivity contribution in [1.82, 2.24) is 15.5 Å². The number of nitrogens with zero attached hydrogens (tertiary/aromatic N) is 2. The fourth-order valence-corrected chi connectivity index (χ4v) is 1.93. The van der Waals surface area contributed by atoms with E-state index in [0.717, 1.165) is 10.8 Å². The smallest absolute Gasteiger partial charge is 0.270 e. The molecule has 3 N–H and O–H groups in total. The van der Waals surface area contributed by atoms with Crippen LogP contribution < -0.4 is 11.1 Å². The van der Waals surface area contributed by atoms with Gasteiger partial charge in [-0.25, -0.2) is 4.98 Å². The summed E-state index contributed by atoms with van der Waals surface area (Å²) in [6.45, 7) is 0.281. The van der Waals surface area contributed by atoms with Crippen molar-refractivity contribution < 1.29 is 9.32 Å². The third-order valence-electron chi connectivity index (χ3n) is 2.92. The molecule has 6 nitrogen and oxygen atoms in total. The van der Waals surface area contributed by atoms with Crippen LogP contribution >= 0.6 is 0 Å². The van der Waals surface area contributed by atoms with Crippen LogP contribution in [0.1, 0.15) is 16.2 Å². The second-order valence-corrected chi connectivity index (χ2v) is 4.29. The molecule has 1 aromatic carbocycles. The van der Waals surface area contributed by atoms with E-state index in [1.165, 1.54) is 6.26 Å². The zero-order valence-electron chi connectivity index (χ0n) is 10.5. The fraction of sp³-hybridized carbons (Fsp3) is 0.0714. The van der Waals surface area contributed by atoms with E-state index >= 15 is 0 Å². The zero-order chi connectivity index (χ0) is 13.9. The van der Waals surface area contributed by atoms with Crippen LogP contribution in [0.4, 0.5) is 5.82 Å². The number of carbonyl (C=O) groups excluding carboxylic acids is 1. The lowest BCUT2D eigenvalue weighted by Gasteiger charge is -2.06. The molecule has 3 aromatic rings. The summed E-state index contributed by atoms with van der Waals surface area (Å²) in [7, 11) is 0. The molecule has 0 bridgehead atoms. The lowest BCUT2D eigenvalue weighted by atomic mass is 10.1. The molecule has 3 rings (SSSR count). The summed E-state index contributed by atoms with van der Waals surface area (Å²) in [6.07, 6.45) is 1.45. The number of carbonyl (C=O) groups is 1. The lowest BCUT2D eigenvalue weighted by Crippen LogP contribution is -2.24. The number of hydrogen-bond donors (Lipinski definition) is 2. The maximum absolute atomic E-state index is 12.0. The number of anilines is 1. The molecule has 2 heterocycles. The highest BCUT2D eigenvalue weighted by Gasteiger charge is 2.11. The minimum absolute atomic E-state index is 0.281. The van der Waals surface area contributed by atoms with Crippen LogP contribution in [0.5, 0.6) is 0 Å². The Morgan fingerprint density at radius 2 is 2.15 bits per heavy atom. The molecule has 0 aliphatic rings. The van der Waals surface area contributed by atoms with E-state index in [9.17, 15) is 4.79 Å². The molecular weight excluding hydrogens is 256 g/mol. The summed E-state index contributed by atoms with van der Waals surface area (Å²) in [5.41, 5.74) is 6.79. The number of nitrogens with two attached hydrogens (primary N) is 1. The second-order valence-electron chi connectivity index (χ2n) is 4.29. The number of nitrogens with one attached hydrogen (secondary N) is 1. The Kier molecular flexibility index (Phi) is 3.04. The van der Waals surface area contributed by atoms with Crippen molar-refractivity contribution in [3.8, 4) is 0 Å². The Morgan fingerprint density at radius 3 is 2.95 bits per heavy atom. The molecule has 0 aliphatic heterocycles. The van der Waals surface area contributed by atoms with Crippen molar-refractivity contribution in [2.24, 2.45) is 0 Å². The topological polar surface area (TPSA) is 94.0 Å². The monoisotopic (exact) mass is 268 g/mol. The maximum atomic E-state index is 12.0. The average Bonchev–Trinajstić information content (AvgIpc) is 2.98. The first kappa shape index (κ1) is 12.2. The van der Waals surface area contributed by atoms with Crippen LogP contribution in [0.15, 0.2) is 47.2 Å². The first-order valence-corrected chi connectivity index (χ1v) is 6.07. The van der Waals surface area contributed by atoms with Gasteiger partial charge in [-0.2, -0.15) is 0 Å². The fourth-order valence-electron chi connectivity index (χ4n) is 1.93. The first-order valence-electron chi connectivity index (χ1n) is 6.07. The zero-order valence-corrected chi connectivity index (χ0v) is 10.5. The highest BCUT2D eigenvalue weighted by atomic mass is 16.5. The summed E-state index contributed by atoms with van der Waals surface area (Å²) < 4.78 is 4.69. The third kappa shape index (κ3) is 2.31. The van der Waals surface area contributed by atoms with Gasteiger partial charge in [0.05, 0.1) is 6.54 Å². The molecule has 0 spiro atoms.